The molecule has 0 atom stereocenters. The zero-order valence-electron chi connectivity index (χ0n) is 15.7. The van der Waals surface area contributed by atoms with Gasteiger partial charge < -0.3 is 0 Å². The minimum atomic E-state index is -4.00. The third-order valence-corrected chi connectivity index (χ3v) is 6.91. The Hall–Kier alpha value is -2.24. The van der Waals surface area contributed by atoms with Crippen molar-refractivity contribution in [3.63, 3.8) is 0 Å². The van der Waals surface area contributed by atoms with Crippen molar-refractivity contribution >= 4 is 31.6 Å². The Bertz CT molecular complexity index is 1060. The molecule has 0 saturated carbocycles. The van der Waals surface area contributed by atoms with Crippen molar-refractivity contribution in [3.05, 3.63) is 41.7 Å². The van der Waals surface area contributed by atoms with E-state index in [1.54, 1.807) is 39.1 Å². The molecule has 2 rings (SSSR count). The summed E-state index contributed by atoms with van der Waals surface area (Å²) < 4.78 is 52.7. The number of likely N-dealkylation sites (N-methyl/N-ethyl adjacent to an activating group) is 1. The second-order valence-electron chi connectivity index (χ2n) is 6.14. The van der Waals surface area contributed by atoms with Gasteiger partial charge in [-0.25, -0.2) is 21.1 Å². The summed E-state index contributed by atoms with van der Waals surface area (Å²) in [6.07, 6.45) is 0.891. The van der Waals surface area contributed by atoms with Gasteiger partial charge in [-0.2, -0.15) is 9.40 Å². The summed E-state index contributed by atoms with van der Waals surface area (Å²) in [5.41, 5.74) is 0.956. The summed E-state index contributed by atoms with van der Waals surface area (Å²) in [7, 11) is -5.08. The maximum Gasteiger partial charge on any atom is 0.256 e. The normalized spacial score (nSPS) is 12.4. The fourth-order valence-corrected chi connectivity index (χ4v) is 4.81. The minimum absolute atomic E-state index is 0.0138. The molecule has 9 nitrogen and oxygen atoms in total. The van der Waals surface area contributed by atoms with Crippen LogP contribution in [0.1, 0.15) is 11.4 Å². The topological polar surface area (TPSA) is 110 Å². The van der Waals surface area contributed by atoms with E-state index in [2.05, 4.69) is 5.10 Å². The molecule has 1 aromatic heterocycles. The van der Waals surface area contributed by atoms with E-state index in [1.807, 2.05) is 0 Å². The van der Waals surface area contributed by atoms with Gasteiger partial charge in [-0.1, -0.05) is 18.2 Å². The third kappa shape index (κ3) is 4.20. The van der Waals surface area contributed by atoms with Crippen molar-refractivity contribution in [2.24, 2.45) is 7.05 Å². The number of aromatic nitrogens is 2. The average molecular weight is 415 g/mol. The molecule has 1 heterocycles. The largest absolute Gasteiger partial charge is 0.272 e. The molecule has 148 valence electrons. The van der Waals surface area contributed by atoms with Crippen LogP contribution in [0.25, 0.3) is 0 Å². The molecule has 0 aliphatic rings. The SMILES string of the molecule is Cc1nn(C)c(C)c1N(C(=O)CN(C)S(=O)(=O)c1ccccc1)S(C)(=O)=O. The number of anilines is 1. The molecule has 0 aliphatic carbocycles. The van der Waals surface area contributed by atoms with Crippen molar-refractivity contribution in [1.82, 2.24) is 14.1 Å². The van der Waals surface area contributed by atoms with Gasteiger partial charge >= 0.3 is 0 Å². The van der Waals surface area contributed by atoms with E-state index < -0.39 is 32.5 Å². The van der Waals surface area contributed by atoms with Crippen LogP contribution in [-0.4, -0.2) is 56.7 Å². The third-order valence-electron chi connectivity index (χ3n) is 4.04. The number of rotatable bonds is 6. The van der Waals surface area contributed by atoms with Crippen molar-refractivity contribution in [1.29, 1.82) is 0 Å². The van der Waals surface area contributed by atoms with Crippen LogP contribution >= 0.6 is 0 Å². The number of carbonyl (C=O) groups excluding carboxylic acids is 1. The predicted octanol–water partition coefficient (Wildman–Crippen LogP) is 0.650. The molecule has 2 aromatic rings. The molecular formula is C16H22N4O5S2. The van der Waals surface area contributed by atoms with Gasteiger partial charge in [-0.05, 0) is 26.0 Å². The van der Waals surface area contributed by atoms with E-state index in [1.165, 1.54) is 23.9 Å². The second kappa shape index (κ2) is 7.41. The zero-order chi connectivity index (χ0) is 20.6. The molecule has 0 unspecified atom stereocenters. The highest BCUT2D eigenvalue weighted by atomic mass is 32.2. The van der Waals surface area contributed by atoms with Crippen molar-refractivity contribution in [3.8, 4) is 0 Å². The number of carbonyl (C=O) groups is 1. The summed E-state index contributed by atoms with van der Waals surface area (Å²) >= 11 is 0. The highest BCUT2D eigenvalue weighted by Crippen LogP contribution is 2.26. The quantitative estimate of drug-likeness (QED) is 0.686. The smallest absolute Gasteiger partial charge is 0.256 e. The maximum absolute atomic E-state index is 12.8. The highest BCUT2D eigenvalue weighted by molar-refractivity contribution is 7.92. The number of amides is 1. The van der Waals surface area contributed by atoms with Crippen molar-refractivity contribution in [2.45, 2.75) is 18.7 Å². The Morgan fingerprint density at radius 1 is 1.11 bits per heavy atom. The first kappa shape index (κ1) is 21.1. The van der Waals surface area contributed by atoms with Crippen molar-refractivity contribution < 1.29 is 21.6 Å². The van der Waals surface area contributed by atoms with Crippen LogP contribution in [0.3, 0.4) is 0 Å². The van der Waals surface area contributed by atoms with Crippen LogP contribution in [0.5, 0.6) is 0 Å². The van der Waals surface area contributed by atoms with Gasteiger partial charge in [0.15, 0.2) is 0 Å². The van der Waals surface area contributed by atoms with Crippen LogP contribution in [0.4, 0.5) is 5.69 Å². The molecule has 0 N–H and O–H groups in total. The number of aryl methyl sites for hydroxylation is 2. The van der Waals surface area contributed by atoms with E-state index in [4.69, 9.17) is 0 Å². The van der Waals surface area contributed by atoms with Gasteiger partial charge in [0, 0.05) is 14.1 Å². The first-order chi connectivity index (χ1) is 12.4. The van der Waals surface area contributed by atoms with Gasteiger partial charge in [-0.3, -0.25) is 9.48 Å². The Labute approximate surface area is 159 Å². The second-order valence-corrected chi connectivity index (χ2v) is 10.0. The number of hydrogen-bond donors (Lipinski definition) is 0. The van der Waals surface area contributed by atoms with Gasteiger partial charge in [0.2, 0.25) is 20.0 Å². The molecule has 0 radical (unpaired) electrons. The lowest BCUT2D eigenvalue weighted by Crippen LogP contribution is -2.44. The first-order valence-electron chi connectivity index (χ1n) is 7.92. The maximum atomic E-state index is 12.8. The van der Waals surface area contributed by atoms with E-state index in [-0.39, 0.29) is 10.6 Å². The molecule has 0 bridgehead atoms. The van der Waals surface area contributed by atoms with E-state index in [9.17, 15) is 21.6 Å². The Kier molecular flexibility index (Phi) is 5.78. The Balaban J connectivity index is 2.41. The number of sulfonamides is 2. The minimum Gasteiger partial charge on any atom is -0.272 e. The number of benzene rings is 1. The van der Waals surface area contributed by atoms with Gasteiger partial charge in [0.05, 0.1) is 29.1 Å². The van der Waals surface area contributed by atoms with E-state index >= 15 is 0 Å². The van der Waals surface area contributed by atoms with E-state index in [0.29, 0.717) is 15.7 Å². The molecule has 0 aliphatic heterocycles. The molecular weight excluding hydrogens is 392 g/mol. The summed E-state index contributed by atoms with van der Waals surface area (Å²) in [6, 6.07) is 7.60. The highest BCUT2D eigenvalue weighted by Gasteiger charge is 2.33. The molecule has 1 aromatic carbocycles. The van der Waals surface area contributed by atoms with Gasteiger partial charge in [0.25, 0.3) is 5.91 Å². The molecule has 0 saturated heterocycles. The van der Waals surface area contributed by atoms with Crippen LogP contribution < -0.4 is 4.31 Å². The predicted molar refractivity (Wildman–Crippen MR) is 101 cm³/mol. The summed E-state index contributed by atoms with van der Waals surface area (Å²) in [6.45, 7) is 2.57. The first-order valence-corrected chi connectivity index (χ1v) is 11.2. The standard InChI is InChI=1S/C16H22N4O5S2/c1-12-16(13(2)19(4)17-12)20(26(5,22)23)15(21)11-18(3)27(24,25)14-9-7-6-8-10-14/h6-10H,11H2,1-5H3. The summed E-state index contributed by atoms with van der Waals surface area (Å²) in [5, 5.41) is 4.13. The van der Waals surface area contributed by atoms with Gasteiger partial charge in [-0.15, -0.1) is 0 Å². The molecule has 0 spiro atoms. The molecule has 1 amide bonds. The average Bonchev–Trinajstić information content (AvgIpc) is 2.81. The fraction of sp³-hybridized carbons (Fsp3) is 0.375. The molecule has 0 fully saturated rings. The lowest BCUT2D eigenvalue weighted by molar-refractivity contribution is -0.117. The lowest BCUT2D eigenvalue weighted by Gasteiger charge is -2.24. The Morgan fingerprint density at radius 2 is 1.67 bits per heavy atom. The fourth-order valence-electron chi connectivity index (χ4n) is 2.64. The monoisotopic (exact) mass is 414 g/mol. The summed E-state index contributed by atoms with van der Waals surface area (Å²) in [4.78, 5) is 12.8. The summed E-state index contributed by atoms with van der Waals surface area (Å²) in [5.74, 6) is -0.890. The van der Waals surface area contributed by atoms with Crippen LogP contribution in [0.2, 0.25) is 0 Å². The van der Waals surface area contributed by atoms with Crippen LogP contribution in [0.15, 0.2) is 35.2 Å². The van der Waals surface area contributed by atoms with Crippen molar-refractivity contribution in [2.75, 3.05) is 24.2 Å². The van der Waals surface area contributed by atoms with Crippen LogP contribution in [0, 0.1) is 13.8 Å². The van der Waals surface area contributed by atoms with Gasteiger partial charge in [0.1, 0.15) is 5.69 Å². The van der Waals surface area contributed by atoms with E-state index in [0.717, 1.165) is 10.6 Å². The lowest BCUT2D eigenvalue weighted by atomic mass is 10.3. The molecule has 11 heteroatoms. The number of nitrogens with zero attached hydrogens (tertiary/aromatic N) is 4. The number of hydrogen-bond acceptors (Lipinski definition) is 6. The zero-order valence-corrected chi connectivity index (χ0v) is 17.4. The molecule has 27 heavy (non-hydrogen) atoms. The van der Waals surface area contributed by atoms with Crippen LogP contribution in [-0.2, 0) is 31.9 Å². The Morgan fingerprint density at radius 3 is 2.11 bits per heavy atom.